The zero-order chi connectivity index (χ0) is 13.5. The van der Waals surface area contributed by atoms with Crippen molar-refractivity contribution in [2.45, 2.75) is 12.7 Å². The van der Waals surface area contributed by atoms with E-state index in [-0.39, 0.29) is 5.91 Å². The smallest absolute Gasteiger partial charge is 0.287 e. The Labute approximate surface area is 117 Å². The Hall–Kier alpha value is -1.68. The lowest BCUT2D eigenvalue weighted by atomic mass is 10.1. The molecule has 1 aromatic carbocycles. The summed E-state index contributed by atoms with van der Waals surface area (Å²) in [6, 6.07) is 11.7. The van der Waals surface area contributed by atoms with Gasteiger partial charge in [-0.25, -0.2) is 0 Å². The lowest BCUT2D eigenvalue weighted by Gasteiger charge is -2.06. The quantitative estimate of drug-likeness (QED) is 0.823. The second-order valence-electron chi connectivity index (χ2n) is 4.21. The standard InChI is InChI=1S/C15H17NO2S/c1-12-5-2-3-6-13(12)11-19-10-8-16-15(17)14-7-4-9-18-14/h2-7,9H,8,10-11H2,1H3,(H,16,17). The van der Waals surface area contributed by atoms with Crippen molar-refractivity contribution in [2.75, 3.05) is 12.3 Å². The SMILES string of the molecule is Cc1ccccc1CSCCNC(=O)c1ccco1. The number of amides is 1. The third-order valence-electron chi connectivity index (χ3n) is 2.80. The first-order chi connectivity index (χ1) is 9.27. The summed E-state index contributed by atoms with van der Waals surface area (Å²) in [5.74, 6) is 2.08. The number of nitrogens with one attached hydrogen (secondary N) is 1. The summed E-state index contributed by atoms with van der Waals surface area (Å²) in [5.41, 5.74) is 2.67. The maximum Gasteiger partial charge on any atom is 0.287 e. The van der Waals surface area contributed by atoms with Crippen LogP contribution in [0.3, 0.4) is 0 Å². The van der Waals surface area contributed by atoms with Crippen molar-refractivity contribution in [1.82, 2.24) is 5.32 Å². The minimum absolute atomic E-state index is 0.151. The Bertz CT molecular complexity index is 523. The number of rotatable bonds is 6. The fourth-order valence-electron chi connectivity index (χ4n) is 1.69. The van der Waals surface area contributed by atoms with Crippen molar-refractivity contribution in [1.29, 1.82) is 0 Å². The molecule has 2 aromatic rings. The minimum Gasteiger partial charge on any atom is -0.459 e. The summed E-state index contributed by atoms with van der Waals surface area (Å²) < 4.78 is 5.02. The fourth-order valence-corrected chi connectivity index (χ4v) is 2.62. The number of hydrogen-bond donors (Lipinski definition) is 1. The molecule has 1 aromatic heterocycles. The molecule has 0 unspecified atom stereocenters. The molecule has 1 amide bonds. The van der Waals surface area contributed by atoms with E-state index < -0.39 is 0 Å². The van der Waals surface area contributed by atoms with Crippen LogP contribution >= 0.6 is 11.8 Å². The first-order valence-corrected chi connectivity index (χ1v) is 7.37. The summed E-state index contributed by atoms with van der Waals surface area (Å²) >= 11 is 1.81. The van der Waals surface area contributed by atoms with Crippen LogP contribution in [0.15, 0.2) is 47.1 Å². The van der Waals surface area contributed by atoms with Crippen LogP contribution in [-0.2, 0) is 5.75 Å². The zero-order valence-corrected chi connectivity index (χ0v) is 11.7. The monoisotopic (exact) mass is 275 g/mol. The molecule has 100 valence electrons. The maximum atomic E-state index is 11.6. The Morgan fingerprint density at radius 1 is 1.26 bits per heavy atom. The third kappa shape index (κ3) is 4.17. The van der Waals surface area contributed by atoms with Crippen LogP contribution in [0.1, 0.15) is 21.7 Å². The predicted octanol–water partition coefficient (Wildman–Crippen LogP) is 3.25. The highest BCUT2D eigenvalue weighted by Crippen LogP contribution is 2.15. The van der Waals surface area contributed by atoms with Gasteiger partial charge in [-0.15, -0.1) is 0 Å². The van der Waals surface area contributed by atoms with Gasteiger partial charge in [0.25, 0.3) is 5.91 Å². The maximum absolute atomic E-state index is 11.6. The molecule has 0 saturated carbocycles. The first-order valence-electron chi connectivity index (χ1n) is 6.21. The average Bonchev–Trinajstić information content (AvgIpc) is 2.94. The summed E-state index contributed by atoms with van der Waals surface area (Å²) in [4.78, 5) is 11.6. The van der Waals surface area contributed by atoms with Crippen molar-refractivity contribution in [2.24, 2.45) is 0 Å². The van der Waals surface area contributed by atoms with Crippen LogP contribution in [0.2, 0.25) is 0 Å². The number of furan rings is 1. The van der Waals surface area contributed by atoms with Crippen LogP contribution < -0.4 is 5.32 Å². The van der Waals surface area contributed by atoms with Crippen molar-refractivity contribution >= 4 is 17.7 Å². The molecule has 0 radical (unpaired) electrons. The molecular formula is C15H17NO2S. The number of carbonyl (C=O) groups is 1. The molecule has 0 atom stereocenters. The molecule has 0 aliphatic carbocycles. The van der Waals surface area contributed by atoms with Crippen LogP contribution in [-0.4, -0.2) is 18.2 Å². The number of hydrogen-bond acceptors (Lipinski definition) is 3. The van der Waals surface area contributed by atoms with E-state index in [1.807, 2.05) is 17.8 Å². The third-order valence-corrected chi connectivity index (χ3v) is 3.80. The lowest BCUT2D eigenvalue weighted by Crippen LogP contribution is -2.25. The molecule has 1 N–H and O–H groups in total. The Kier molecular flexibility index (Phi) is 5.10. The second-order valence-corrected chi connectivity index (χ2v) is 5.32. The van der Waals surface area contributed by atoms with E-state index in [1.165, 1.54) is 17.4 Å². The highest BCUT2D eigenvalue weighted by Gasteiger charge is 2.06. The number of benzene rings is 1. The minimum atomic E-state index is -0.151. The summed E-state index contributed by atoms with van der Waals surface area (Å²) in [5, 5.41) is 2.83. The molecule has 0 saturated heterocycles. The summed E-state index contributed by atoms with van der Waals surface area (Å²) in [6.45, 7) is 2.77. The number of thioether (sulfide) groups is 1. The molecule has 3 nitrogen and oxygen atoms in total. The van der Waals surface area contributed by atoms with Gasteiger partial charge in [0, 0.05) is 18.1 Å². The molecule has 4 heteroatoms. The van der Waals surface area contributed by atoms with Gasteiger partial charge in [-0.1, -0.05) is 24.3 Å². The molecule has 0 fully saturated rings. The van der Waals surface area contributed by atoms with E-state index in [1.54, 1.807) is 12.1 Å². The van der Waals surface area contributed by atoms with Crippen molar-refractivity contribution in [3.63, 3.8) is 0 Å². The topological polar surface area (TPSA) is 42.2 Å². The fraction of sp³-hybridized carbons (Fsp3) is 0.267. The van der Waals surface area contributed by atoms with Gasteiger partial charge in [0.1, 0.15) is 0 Å². The highest BCUT2D eigenvalue weighted by molar-refractivity contribution is 7.98. The normalized spacial score (nSPS) is 10.4. The van der Waals surface area contributed by atoms with E-state index in [0.717, 1.165) is 11.5 Å². The second kappa shape index (κ2) is 7.04. The van der Waals surface area contributed by atoms with Crippen LogP contribution in [0, 0.1) is 6.92 Å². The van der Waals surface area contributed by atoms with Crippen LogP contribution in [0.25, 0.3) is 0 Å². The van der Waals surface area contributed by atoms with Gasteiger partial charge < -0.3 is 9.73 Å². The van der Waals surface area contributed by atoms with E-state index >= 15 is 0 Å². The Morgan fingerprint density at radius 3 is 2.84 bits per heavy atom. The molecule has 0 aliphatic heterocycles. The lowest BCUT2D eigenvalue weighted by molar-refractivity contribution is 0.0928. The first kappa shape index (κ1) is 13.7. The molecule has 0 aliphatic rings. The molecule has 19 heavy (non-hydrogen) atoms. The molecule has 0 spiro atoms. The van der Waals surface area contributed by atoms with Gasteiger partial charge in [0.2, 0.25) is 0 Å². The van der Waals surface area contributed by atoms with E-state index in [9.17, 15) is 4.79 Å². The van der Waals surface area contributed by atoms with Gasteiger partial charge >= 0.3 is 0 Å². The van der Waals surface area contributed by atoms with Crippen LogP contribution in [0.5, 0.6) is 0 Å². The average molecular weight is 275 g/mol. The number of carbonyl (C=O) groups excluding carboxylic acids is 1. The zero-order valence-electron chi connectivity index (χ0n) is 10.9. The van der Waals surface area contributed by atoms with E-state index in [4.69, 9.17) is 4.42 Å². The summed E-state index contributed by atoms with van der Waals surface area (Å²) in [7, 11) is 0. The van der Waals surface area contributed by atoms with Gasteiger partial charge in [-0.05, 0) is 30.2 Å². The highest BCUT2D eigenvalue weighted by atomic mass is 32.2. The molecular weight excluding hydrogens is 258 g/mol. The summed E-state index contributed by atoms with van der Waals surface area (Å²) in [6.07, 6.45) is 1.50. The van der Waals surface area contributed by atoms with Crippen molar-refractivity contribution in [3.05, 3.63) is 59.5 Å². The van der Waals surface area contributed by atoms with Crippen molar-refractivity contribution in [3.8, 4) is 0 Å². The van der Waals surface area contributed by atoms with Crippen molar-refractivity contribution < 1.29 is 9.21 Å². The predicted molar refractivity (Wildman–Crippen MR) is 78.4 cm³/mol. The van der Waals surface area contributed by atoms with Crippen LogP contribution in [0.4, 0.5) is 0 Å². The van der Waals surface area contributed by atoms with Gasteiger partial charge in [-0.2, -0.15) is 11.8 Å². The van der Waals surface area contributed by atoms with Gasteiger partial charge in [-0.3, -0.25) is 4.79 Å². The Morgan fingerprint density at radius 2 is 2.11 bits per heavy atom. The van der Waals surface area contributed by atoms with E-state index in [2.05, 4.69) is 30.4 Å². The van der Waals surface area contributed by atoms with Gasteiger partial charge in [0.15, 0.2) is 5.76 Å². The molecule has 1 heterocycles. The van der Waals surface area contributed by atoms with Gasteiger partial charge in [0.05, 0.1) is 6.26 Å². The Balaban J connectivity index is 1.65. The molecule has 2 rings (SSSR count). The van der Waals surface area contributed by atoms with E-state index in [0.29, 0.717) is 12.3 Å². The largest absolute Gasteiger partial charge is 0.459 e. The molecule has 0 bridgehead atoms. The number of aryl methyl sites for hydroxylation is 1.